The summed E-state index contributed by atoms with van der Waals surface area (Å²) in [6.07, 6.45) is 1.93. The number of carbonyl (C=O) groups excluding carboxylic acids is 1. The van der Waals surface area contributed by atoms with Crippen molar-refractivity contribution in [2.45, 2.75) is 4.90 Å². The van der Waals surface area contributed by atoms with Crippen LogP contribution >= 0.6 is 23.4 Å². The highest BCUT2D eigenvalue weighted by Crippen LogP contribution is 2.25. The quantitative estimate of drug-likeness (QED) is 0.666. The molecule has 1 amide bonds. The molecule has 0 aliphatic carbocycles. The normalized spacial score (nSPS) is 10.2. The van der Waals surface area contributed by atoms with Crippen molar-refractivity contribution in [2.24, 2.45) is 0 Å². The molecule has 0 radical (unpaired) electrons. The Morgan fingerprint density at radius 3 is 2.74 bits per heavy atom. The Balaban J connectivity index is 2.28. The highest BCUT2D eigenvalue weighted by atomic mass is 35.5. The van der Waals surface area contributed by atoms with Gasteiger partial charge in [-0.3, -0.25) is 4.79 Å². The number of benzene rings is 2. The third-order valence-corrected chi connectivity index (χ3v) is 3.65. The van der Waals surface area contributed by atoms with E-state index < -0.39 is 0 Å². The lowest BCUT2D eigenvalue weighted by molar-refractivity contribution is 0.102. The number of hydrogen-bond acceptors (Lipinski definition) is 3. The van der Waals surface area contributed by atoms with Crippen molar-refractivity contribution in [3.8, 4) is 0 Å². The molecule has 0 unspecified atom stereocenters. The van der Waals surface area contributed by atoms with Gasteiger partial charge in [0.2, 0.25) is 0 Å². The van der Waals surface area contributed by atoms with Crippen molar-refractivity contribution in [1.29, 1.82) is 0 Å². The van der Waals surface area contributed by atoms with E-state index in [9.17, 15) is 4.79 Å². The molecule has 0 saturated carbocycles. The Kier molecular flexibility index (Phi) is 4.35. The highest BCUT2D eigenvalue weighted by Gasteiger charge is 2.12. The molecule has 0 aliphatic rings. The van der Waals surface area contributed by atoms with Gasteiger partial charge < -0.3 is 11.1 Å². The number of amides is 1. The Hall–Kier alpha value is -1.65. The molecule has 0 heterocycles. The van der Waals surface area contributed by atoms with Crippen LogP contribution in [0, 0.1) is 0 Å². The van der Waals surface area contributed by atoms with Gasteiger partial charge >= 0.3 is 0 Å². The average molecular weight is 293 g/mol. The minimum atomic E-state index is -0.195. The van der Waals surface area contributed by atoms with E-state index in [1.165, 1.54) is 11.8 Å². The molecule has 2 aromatic rings. The molecule has 0 atom stereocenters. The van der Waals surface area contributed by atoms with Crippen LogP contribution < -0.4 is 11.1 Å². The molecule has 0 fully saturated rings. The lowest BCUT2D eigenvalue weighted by atomic mass is 10.2. The van der Waals surface area contributed by atoms with Gasteiger partial charge in [0.05, 0.1) is 16.9 Å². The van der Waals surface area contributed by atoms with Crippen LogP contribution in [0.3, 0.4) is 0 Å². The third kappa shape index (κ3) is 3.22. The van der Waals surface area contributed by atoms with Crippen LogP contribution in [0.1, 0.15) is 10.4 Å². The monoisotopic (exact) mass is 292 g/mol. The van der Waals surface area contributed by atoms with Gasteiger partial charge in [-0.15, -0.1) is 11.8 Å². The number of nitrogens with one attached hydrogen (secondary N) is 1. The fourth-order valence-corrected chi connectivity index (χ4v) is 2.43. The standard InChI is InChI=1S/C14H13ClN2OS/c1-19-13-5-3-2-4-10(13)14(18)17-12-8-9(15)6-7-11(12)16/h2-8H,16H2,1H3,(H,17,18). The third-order valence-electron chi connectivity index (χ3n) is 2.62. The average Bonchev–Trinajstić information content (AvgIpc) is 2.42. The summed E-state index contributed by atoms with van der Waals surface area (Å²) in [6.45, 7) is 0. The Morgan fingerprint density at radius 1 is 1.26 bits per heavy atom. The maximum Gasteiger partial charge on any atom is 0.256 e. The van der Waals surface area contributed by atoms with Crippen LogP contribution in [0.2, 0.25) is 5.02 Å². The van der Waals surface area contributed by atoms with Crippen molar-refractivity contribution in [1.82, 2.24) is 0 Å². The predicted molar refractivity (Wildman–Crippen MR) is 82.0 cm³/mol. The molecule has 0 bridgehead atoms. The summed E-state index contributed by atoms with van der Waals surface area (Å²) in [5.74, 6) is -0.195. The van der Waals surface area contributed by atoms with E-state index >= 15 is 0 Å². The fourth-order valence-electron chi connectivity index (χ4n) is 1.66. The molecule has 2 rings (SSSR count). The van der Waals surface area contributed by atoms with Gasteiger partial charge in [-0.2, -0.15) is 0 Å². The minimum Gasteiger partial charge on any atom is -0.397 e. The van der Waals surface area contributed by atoms with E-state index in [1.54, 1.807) is 24.3 Å². The van der Waals surface area contributed by atoms with Crippen LogP contribution in [-0.2, 0) is 0 Å². The fraction of sp³-hybridized carbons (Fsp3) is 0.0714. The maximum absolute atomic E-state index is 12.2. The first-order chi connectivity index (χ1) is 9.11. The number of nitrogens with two attached hydrogens (primary N) is 1. The van der Waals surface area contributed by atoms with Gasteiger partial charge in [-0.05, 0) is 36.6 Å². The van der Waals surface area contributed by atoms with E-state index in [4.69, 9.17) is 17.3 Å². The Morgan fingerprint density at radius 2 is 2.00 bits per heavy atom. The number of carbonyl (C=O) groups is 1. The van der Waals surface area contributed by atoms with Crippen LogP contribution in [0.5, 0.6) is 0 Å². The Labute approximate surface area is 121 Å². The largest absolute Gasteiger partial charge is 0.397 e. The molecule has 0 spiro atoms. The first kappa shape index (κ1) is 13.8. The molecule has 98 valence electrons. The minimum absolute atomic E-state index is 0.195. The van der Waals surface area contributed by atoms with Gasteiger partial charge in [0.15, 0.2) is 0 Å². The second-order valence-electron chi connectivity index (χ2n) is 3.89. The Bertz CT molecular complexity index is 616. The molecular weight excluding hydrogens is 280 g/mol. The van der Waals surface area contributed by atoms with Crippen molar-refractivity contribution < 1.29 is 4.79 Å². The van der Waals surface area contributed by atoms with Gasteiger partial charge in [0.1, 0.15) is 0 Å². The number of halogens is 1. The SMILES string of the molecule is CSc1ccccc1C(=O)Nc1cc(Cl)ccc1N. The number of nitrogen functional groups attached to an aromatic ring is 1. The van der Waals surface area contributed by atoms with Gasteiger partial charge in [0.25, 0.3) is 5.91 Å². The van der Waals surface area contributed by atoms with Crippen molar-refractivity contribution >= 4 is 40.6 Å². The smallest absolute Gasteiger partial charge is 0.256 e. The zero-order valence-electron chi connectivity index (χ0n) is 10.3. The maximum atomic E-state index is 12.2. The van der Waals surface area contributed by atoms with Crippen LogP contribution in [-0.4, -0.2) is 12.2 Å². The van der Waals surface area contributed by atoms with Gasteiger partial charge in [-0.25, -0.2) is 0 Å². The molecule has 0 aliphatic heterocycles. The summed E-state index contributed by atoms with van der Waals surface area (Å²) >= 11 is 7.42. The highest BCUT2D eigenvalue weighted by molar-refractivity contribution is 7.98. The zero-order valence-corrected chi connectivity index (χ0v) is 11.9. The van der Waals surface area contributed by atoms with E-state index in [1.807, 2.05) is 24.5 Å². The first-order valence-corrected chi connectivity index (χ1v) is 7.21. The van der Waals surface area contributed by atoms with Crippen molar-refractivity contribution in [3.05, 3.63) is 53.1 Å². The number of hydrogen-bond donors (Lipinski definition) is 2. The van der Waals surface area contributed by atoms with Crippen molar-refractivity contribution in [2.75, 3.05) is 17.3 Å². The van der Waals surface area contributed by atoms with Gasteiger partial charge in [0, 0.05) is 9.92 Å². The summed E-state index contributed by atoms with van der Waals surface area (Å²) in [5.41, 5.74) is 7.43. The summed E-state index contributed by atoms with van der Waals surface area (Å²) in [4.78, 5) is 13.2. The van der Waals surface area contributed by atoms with Gasteiger partial charge in [-0.1, -0.05) is 23.7 Å². The molecule has 19 heavy (non-hydrogen) atoms. The number of thioether (sulfide) groups is 1. The molecule has 2 aromatic carbocycles. The molecule has 0 saturated heterocycles. The lowest BCUT2D eigenvalue weighted by Gasteiger charge is -2.10. The van der Waals surface area contributed by atoms with Crippen LogP contribution in [0.15, 0.2) is 47.4 Å². The summed E-state index contributed by atoms with van der Waals surface area (Å²) < 4.78 is 0. The topological polar surface area (TPSA) is 55.1 Å². The second-order valence-corrected chi connectivity index (χ2v) is 5.17. The van der Waals surface area contributed by atoms with E-state index in [2.05, 4.69) is 5.32 Å². The first-order valence-electron chi connectivity index (χ1n) is 5.61. The zero-order chi connectivity index (χ0) is 13.8. The summed E-state index contributed by atoms with van der Waals surface area (Å²) in [5, 5.41) is 3.31. The lowest BCUT2D eigenvalue weighted by Crippen LogP contribution is -2.14. The number of rotatable bonds is 3. The van der Waals surface area contributed by atoms with E-state index in [-0.39, 0.29) is 5.91 Å². The summed E-state index contributed by atoms with van der Waals surface area (Å²) in [6, 6.07) is 12.4. The van der Waals surface area contributed by atoms with Crippen molar-refractivity contribution in [3.63, 3.8) is 0 Å². The predicted octanol–water partition coefficient (Wildman–Crippen LogP) is 3.90. The number of anilines is 2. The van der Waals surface area contributed by atoms with E-state index in [0.717, 1.165) is 4.90 Å². The molecule has 5 heteroatoms. The molecule has 3 nitrogen and oxygen atoms in total. The summed E-state index contributed by atoms with van der Waals surface area (Å²) in [7, 11) is 0. The van der Waals surface area contributed by atoms with Crippen LogP contribution in [0.4, 0.5) is 11.4 Å². The van der Waals surface area contributed by atoms with E-state index in [0.29, 0.717) is 22.0 Å². The second kappa shape index (κ2) is 5.99. The molecular formula is C14H13ClN2OS. The molecule has 0 aromatic heterocycles. The molecule has 3 N–H and O–H groups in total. The van der Waals surface area contributed by atoms with Crippen LogP contribution in [0.25, 0.3) is 0 Å².